The van der Waals surface area contributed by atoms with E-state index in [1.807, 2.05) is 25.1 Å². The molecule has 0 aliphatic carbocycles. The second-order valence-corrected chi connectivity index (χ2v) is 3.97. The largest absolute Gasteiger partial charge is 0.486 e. The van der Waals surface area contributed by atoms with Crippen LogP contribution in [-0.2, 0) is 0 Å². The number of hydrogen-bond acceptors (Lipinski definition) is 4. The predicted molar refractivity (Wildman–Crippen MR) is 64.2 cm³/mol. The highest BCUT2D eigenvalue weighted by molar-refractivity contribution is 5.70. The molecule has 0 atom stereocenters. The molecular weight excluding hydrogens is 218 g/mol. The molecule has 1 aliphatic heterocycles. The minimum absolute atomic E-state index is 0.523. The summed E-state index contributed by atoms with van der Waals surface area (Å²) >= 11 is 0. The lowest BCUT2D eigenvalue weighted by molar-refractivity contribution is 0.171. The zero-order chi connectivity index (χ0) is 11.8. The number of hydrogen-bond donors (Lipinski definition) is 2. The number of rotatable bonds is 1. The van der Waals surface area contributed by atoms with Crippen LogP contribution in [0.1, 0.15) is 5.56 Å². The molecule has 0 saturated heterocycles. The number of nitrogen functional groups attached to an aromatic ring is 1. The van der Waals surface area contributed by atoms with Crippen LogP contribution < -0.4 is 15.2 Å². The van der Waals surface area contributed by atoms with Crippen molar-refractivity contribution in [3.63, 3.8) is 0 Å². The number of aromatic nitrogens is 2. The van der Waals surface area contributed by atoms with E-state index in [0.29, 0.717) is 19.0 Å². The van der Waals surface area contributed by atoms with Crippen molar-refractivity contribution in [2.24, 2.45) is 0 Å². The van der Waals surface area contributed by atoms with Crippen molar-refractivity contribution in [1.82, 2.24) is 10.2 Å². The zero-order valence-electron chi connectivity index (χ0n) is 9.49. The smallest absolute Gasteiger partial charge is 0.162 e. The highest BCUT2D eigenvalue weighted by atomic mass is 16.6. The number of ether oxygens (including phenoxy) is 2. The van der Waals surface area contributed by atoms with E-state index in [1.54, 1.807) is 0 Å². The maximum Gasteiger partial charge on any atom is 0.162 e. The van der Waals surface area contributed by atoms with Crippen molar-refractivity contribution in [3.8, 4) is 22.8 Å². The molecule has 88 valence electrons. The van der Waals surface area contributed by atoms with Gasteiger partial charge in [0, 0.05) is 11.1 Å². The second kappa shape index (κ2) is 3.69. The average Bonchev–Trinajstić information content (AvgIpc) is 2.70. The molecule has 0 spiro atoms. The van der Waals surface area contributed by atoms with Gasteiger partial charge in [-0.05, 0) is 25.1 Å². The minimum Gasteiger partial charge on any atom is -0.486 e. The number of nitrogens with two attached hydrogens (primary N) is 1. The lowest BCUT2D eigenvalue weighted by atomic mass is 10.1. The van der Waals surface area contributed by atoms with Crippen LogP contribution in [0.3, 0.4) is 0 Å². The van der Waals surface area contributed by atoms with E-state index < -0.39 is 0 Å². The van der Waals surface area contributed by atoms with Crippen LogP contribution in [0.25, 0.3) is 11.3 Å². The Morgan fingerprint density at radius 1 is 1.24 bits per heavy atom. The summed E-state index contributed by atoms with van der Waals surface area (Å²) in [5, 5.41) is 6.91. The van der Waals surface area contributed by atoms with Crippen LogP contribution in [0.4, 0.5) is 5.82 Å². The van der Waals surface area contributed by atoms with Gasteiger partial charge in [0.05, 0.1) is 5.69 Å². The van der Waals surface area contributed by atoms with Crippen molar-refractivity contribution in [2.75, 3.05) is 18.9 Å². The van der Waals surface area contributed by atoms with Crippen LogP contribution in [0, 0.1) is 6.92 Å². The molecule has 1 aromatic carbocycles. The molecule has 0 unspecified atom stereocenters. The molecule has 2 heterocycles. The number of H-pyrrole nitrogens is 1. The van der Waals surface area contributed by atoms with E-state index in [4.69, 9.17) is 15.2 Å². The fraction of sp³-hybridized carbons (Fsp3) is 0.250. The number of nitrogens with zero attached hydrogens (tertiary/aromatic N) is 1. The molecule has 17 heavy (non-hydrogen) atoms. The molecule has 3 rings (SSSR count). The average molecular weight is 231 g/mol. The summed E-state index contributed by atoms with van der Waals surface area (Å²) in [6, 6.07) is 5.81. The lowest BCUT2D eigenvalue weighted by Crippen LogP contribution is -2.15. The van der Waals surface area contributed by atoms with Crippen LogP contribution in [0.15, 0.2) is 18.2 Å². The van der Waals surface area contributed by atoms with Gasteiger partial charge in [-0.15, -0.1) is 0 Å². The summed E-state index contributed by atoms with van der Waals surface area (Å²) in [5.41, 5.74) is 8.58. The quantitative estimate of drug-likeness (QED) is 0.784. The van der Waals surface area contributed by atoms with Crippen molar-refractivity contribution < 1.29 is 9.47 Å². The molecule has 0 saturated carbocycles. The molecule has 1 aliphatic rings. The number of aromatic amines is 1. The van der Waals surface area contributed by atoms with Crippen LogP contribution in [0.2, 0.25) is 0 Å². The van der Waals surface area contributed by atoms with Gasteiger partial charge in [-0.3, -0.25) is 5.10 Å². The van der Waals surface area contributed by atoms with Gasteiger partial charge >= 0.3 is 0 Å². The summed E-state index contributed by atoms with van der Waals surface area (Å²) in [4.78, 5) is 0. The first kappa shape index (κ1) is 10.0. The lowest BCUT2D eigenvalue weighted by Gasteiger charge is -2.18. The third-order valence-electron chi connectivity index (χ3n) is 2.88. The Balaban J connectivity index is 2.07. The Bertz CT molecular complexity index is 563. The van der Waals surface area contributed by atoms with Gasteiger partial charge in [0.2, 0.25) is 0 Å². The molecular formula is C12H13N3O2. The van der Waals surface area contributed by atoms with E-state index in [-0.39, 0.29) is 0 Å². The summed E-state index contributed by atoms with van der Waals surface area (Å²) in [7, 11) is 0. The Kier molecular flexibility index (Phi) is 2.18. The molecule has 2 aromatic rings. The third kappa shape index (κ3) is 1.60. The highest BCUT2D eigenvalue weighted by Crippen LogP contribution is 2.35. The van der Waals surface area contributed by atoms with E-state index in [0.717, 1.165) is 28.3 Å². The van der Waals surface area contributed by atoms with Crippen LogP contribution >= 0.6 is 0 Å². The van der Waals surface area contributed by atoms with Gasteiger partial charge in [0.15, 0.2) is 11.5 Å². The fourth-order valence-corrected chi connectivity index (χ4v) is 1.89. The van der Waals surface area contributed by atoms with Gasteiger partial charge < -0.3 is 15.2 Å². The first-order valence-corrected chi connectivity index (χ1v) is 5.46. The van der Waals surface area contributed by atoms with Gasteiger partial charge in [-0.25, -0.2) is 0 Å². The molecule has 5 nitrogen and oxygen atoms in total. The van der Waals surface area contributed by atoms with Gasteiger partial charge in [-0.2, -0.15) is 5.10 Å². The van der Waals surface area contributed by atoms with Crippen LogP contribution in [0.5, 0.6) is 11.5 Å². The van der Waals surface area contributed by atoms with Gasteiger partial charge in [0.25, 0.3) is 0 Å². The van der Waals surface area contributed by atoms with Gasteiger partial charge in [-0.1, -0.05) is 0 Å². The normalized spacial score (nSPS) is 13.7. The topological polar surface area (TPSA) is 73.2 Å². The fourth-order valence-electron chi connectivity index (χ4n) is 1.89. The monoisotopic (exact) mass is 231 g/mol. The molecule has 5 heteroatoms. The maximum atomic E-state index is 5.72. The standard InChI is InChI=1S/C12H13N3O2/c1-7-11(14-15-12(7)13)8-2-3-9-10(6-8)17-5-4-16-9/h2-3,6H,4-5H2,1H3,(H3,13,14,15). The van der Waals surface area contributed by atoms with E-state index in [9.17, 15) is 0 Å². The predicted octanol–water partition coefficient (Wildman–Crippen LogP) is 1.74. The first-order valence-electron chi connectivity index (χ1n) is 5.46. The molecule has 3 N–H and O–H groups in total. The van der Waals surface area contributed by atoms with Crippen LogP contribution in [-0.4, -0.2) is 23.4 Å². The number of anilines is 1. The Morgan fingerprint density at radius 2 is 2.00 bits per heavy atom. The highest BCUT2D eigenvalue weighted by Gasteiger charge is 2.14. The second-order valence-electron chi connectivity index (χ2n) is 3.97. The SMILES string of the molecule is Cc1c(N)n[nH]c1-c1ccc2c(c1)OCCO2. The maximum absolute atomic E-state index is 5.72. The van der Waals surface area contributed by atoms with Crippen molar-refractivity contribution in [2.45, 2.75) is 6.92 Å². The zero-order valence-corrected chi connectivity index (χ0v) is 9.49. The van der Waals surface area contributed by atoms with E-state index in [1.165, 1.54) is 0 Å². The van der Waals surface area contributed by atoms with E-state index in [2.05, 4.69) is 10.2 Å². The Labute approximate surface area is 98.5 Å². The summed E-state index contributed by atoms with van der Waals surface area (Å²) in [6.45, 7) is 3.12. The number of benzene rings is 1. The number of fused-ring (bicyclic) bond motifs is 1. The molecule has 1 aromatic heterocycles. The molecule has 0 bridgehead atoms. The summed E-state index contributed by atoms with van der Waals surface area (Å²) in [5.74, 6) is 2.07. The van der Waals surface area contributed by atoms with Crippen molar-refractivity contribution in [1.29, 1.82) is 0 Å². The minimum atomic E-state index is 0.523. The van der Waals surface area contributed by atoms with Gasteiger partial charge in [0.1, 0.15) is 19.0 Å². The van der Waals surface area contributed by atoms with E-state index >= 15 is 0 Å². The third-order valence-corrected chi connectivity index (χ3v) is 2.88. The van der Waals surface area contributed by atoms with Crippen molar-refractivity contribution >= 4 is 5.82 Å². The summed E-state index contributed by atoms with van der Waals surface area (Å²) in [6.07, 6.45) is 0. The number of nitrogens with one attached hydrogen (secondary N) is 1. The molecule has 0 amide bonds. The first-order chi connectivity index (χ1) is 8.25. The van der Waals surface area contributed by atoms with Crippen molar-refractivity contribution in [3.05, 3.63) is 23.8 Å². The summed E-state index contributed by atoms with van der Waals surface area (Å²) < 4.78 is 11.0. The molecule has 0 radical (unpaired) electrons. The Morgan fingerprint density at radius 3 is 2.71 bits per heavy atom. The Hall–Kier alpha value is -2.17. The molecule has 0 fully saturated rings.